The van der Waals surface area contributed by atoms with Crippen LogP contribution < -0.4 is 0 Å². The topological polar surface area (TPSA) is 35.0 Å². The van der Waals surface area contributed by atoms with Crippen LogP contribution in [0, 0.1) is 18.8 Å². The molecule has 0 aliphatic carbocycles. The highest BCUT2D eigenvalue weighted by molar-refractivity contribution is 7.11. The van der Waals surface area contributed by atoms with Gasteiger partial charge in [0.2, 0.25) is 0 Å². The Labute approximate surface area is 69.4 Å². The van der Waals surface area contributed by atoms with E-state index in [9.17, 15) is 0 Å². The number of hydrogen-bond donors (Lipinski definition) is 0. The monoisotopic (exact) mass is 168 g/mol. The molecule has 0 radical (unpaired) electrons. The van der Waals surface area contributed by atoms with Crippen molar-refractivity contribution in [2.24, 2.45) is 0 Å². The first-order valence-corrected chi connectivity index (χ1v) is 3.92. The number of aromatic nitrogens is 2. The first kappa shape index (κ1) is 8.18. The molecule has 1 rings (SSSR count). The van der Waals surface area contributed by atoms with Gasteiger partial charge in [-0.25, -0.2) is 0 Å². The van der Waals surface area contributed by atoms with Crippen LogP contribution in [-0.2, 0) is 4.74 Å². The smallest absolute Gasteiger partial charge is 0.191 e. The largest absolute Gasteiger partial charge is 0.372 e. The molecule has 58 valence electrons. The summed E-state index contributed by atoms with van der Waals surface area (Å²) >= 11 is 1.49. The Bertz CT molecular complexity index is 284. The molecule has 0 N–H and O–H groups in total. The number of nitrogens with zero attached hydrogens (tertiary/aromatic N) is 2. The zero-order valence-corrected chi connectivity index (χ0v) is 7.23. The standard InChI is InChI=1S/C7H8N2OS/c1-6-8-9-7(11-6)4-3-5-10-2/h5H2,1-2H3. The van der Waals surface area contributed by atoms with Gasteiger partial charge < -0.3 is 4.74 Å². The summed E-state index contributed by atoms with van der Waals surface area (Å²) in [5, 5.41) is 9.33. The number of rotatable bonds is 1. The zero-order valence-electron chi connectivity index (χ0n) is 6.42. The van der Waals surface area contributed by atoms with Crippen LogP contribution in [-0.4, -0.2) is 23.9 Å². The first-order valence-electron chi connectivity index (χ1n) is 3.11. The van der Waals surface area contributed by atoms with E-state index in [1.807, 2.05) is 6.92 Å². The molecule has 0 aliphatic heterocycles. The lowest BCUT2D eigenvalue weighted by Gasteiger charge is -1.79. The summed E-state index contributed by atoms with van der Waals surface area (Å²) in [5.74, 6) is 5.64. The molecule has 0 saturated carbocycles. The fraction of sp³-hybridized carbons (Fsp3) is 0.429. The van der Waals surface area contributed by atoms with Gasteiger partial charge in [-0.2, -0.15) is 0 Å². The van der Waals surface area contributed by atoms with Gasteiger partial charge >= 0.3 is 0 Å². The molecule has 0 aliphatic rings. The highest BCUT2D eigenvalue weighted by atomic mass is 32.1. The molecule has 1 aromatic rings. The Morgan fingerprint density at radius 2 is 2.36 bits per heavy atom. The first-order chi connectivity index (χ1) is 5.33. The van der Waals surface area contributed by atoms with Crippen LogP contribution >= 0.6 is 11.3 Å². The van der Waals surface area contributed by atoms with Gasteiger partial charge in [0, 0.05) is 7.11 Å². The minimum Gasteiger partial charge on any atom is -0.372 e. The normalized spacial score (nSPS) is 8.91. The van der Waals surface area contributed by atoms with E-state index in [0.717, 1.165) is 10.0 Å². The average molecular weight is 168 g/mol. The zero-order chi connectivity index (χ0) is 8.10. The number of hydrogen-bond acceptors (Lipinski definition) is 4. The van der Waals surface area contributed by atoms with Crippen LogP contribution in [0.3, 0.4) is 0 Å². The molecule has 0 saturated heterocycles. The molecular weight excluding hydrogens is 160 g/mol. The second-order valence-electron chi connectivity index (χ2n) is 1.86. The molecule has 0 aromatic carbocycles. The molecule has 0 unspecified atom stereocenters. The minimum absolute atomic E-state index is 0.443. The molecule has 4 heteroatoms. The Morgan fingerprint density at radius 1 is 1.55 bits per heavy atom. The Balaban J connectivity index is 2.59. The van der Waals surface area contributed by atoms with Gasteiger partial charge in [0.15, 0.2) is 5.01 Å². The molecule has 1 aromatic heterocycles. The Morgan fingerprint density at radius 3 is 2.91 bits per heavy atom. The molecule has 0 spiro atoms. The van der Waals surface area contributed by atoms with E-state index in [1.54, 1.807) is 7.11 Å². The molecule has 0 atom stereocenters. The Hall–Kier alpha value is -0.920. The highest BCUT2D eigenvalue weighted by Crippen LogP contribution is 2.04. The molecule has 0 bridgehead atoms. The van der Waals surface area contributed by atoms with Gasteiger partial charge in [0.1, 0.15) is 11.6 Å². The summed E-state index contributed by atoms with van der Waals surface area (Å²) in [6.45, 7) is 2.35. The van der Waals surface area contributed by atoms with Gasteiger partial charge in [0.25, 0.3) is 0 Å². The maximum Gasteiger partial charge on any atom is 0.191 e. The van der Waals surface area contributed by atoms with Gasteiger partial charge in [-0.1, -0.05) is 17.3 Å². The van der Waals surface area contributed by atoms with Crippen molar-refractivity contribution in [3.63, 3.8) is 0 Å². The van der Waals surface area contributed by atoms with Gasteiger partial charge in [-0.3, -0.25) is 0 Å². The van der Waals surface area contributed by atoms with E-state index in [-0.39, 0.29) is 0 Å². The van der Waals surface area contributed by atoms with Crippen LogP contribution in [0.5, 0.6) is 0 Å². The summed E-state index contributed by atoms with van der Waals surface area (Å²) in [4.78, 5) is 0. The van der Waals surface area contributed by atoms with E-state index >= 15 is 0 Å². The fourth-order valence-electron chi connectivity index (χ4n) is 0.531. The van der Waals surface area contributed by atoms with Gasteiger partial charge in [-0.15, -0.1) is 10.2 Å². The lowest BCUT2D eigenvalue weighted by Crippen LogP contribution is -1.81. The van der Waals surface area contributed by atoms with Crippen molar-refractivity contribution in [2.45, 2.75) is 6.92 Å². The van der Waals surface area contributed by atoms with E-state index < -0.39 is 0 Å². The average Bonchev–Trinajstić information content (AvgIpc) is 2.37. The summed E-state index contributed by atoms with van der Waals surface area (Å²) < 4.78 is 4.75. The molecule has 1 heterocycles. The second kappa shape index (κ2) is 4.06. The van der Waals surface area contributed by atoms with Crippen molar-refractivity contribution in [1.29, 1.82) is 0 Å². The lowest BCUT2D eigenvalue weighted by molar-refractivity contribution is 0.240. The van der Waals surface area contributed by atoms with Crippen molar-refractivity contribution in [3.8, 4) is 11.8 Å². The maximum absolute atomic E-state index is 4.75. The van der Waals surface area contributed by atoms with Crippen LogP contribution in [0.15, 0.2) is 0 Å². The van der Waals surface area contributed by atoms with E-state index in [1.165, 1.54) is 11.3 Å². The van der Waals surface area contributed by atoms with E-state index in [0.29, 0.717) is 6.61 Å². The fourth-order valence-corrected chi connectivity index (χ4v) is 1.10. The van der Waals surface area contributed by atoms with Crippen molar-refractivity contribution >= 4 is 11.3 Å². The molecular formula is C7H8N2OS. The van der Waals surface area contributed by atoms with Crippen LogP contribution in [0.2, 0.25) is 0 Å². The van der Waals surface area contributed by atoms with Crippen LogP contribution in [0.1, 0.15) is 10.0 Å². The number of methoxy groups -OCH3 is 1. The van der Waals surface area contributed by atoms with Gasteiger partial charge in [0.05, 0.1) is 0 Å². The molecule has 0 fully saturated rings. The van der Waals surface area contributed by atoms with E-state index in [4.69, 9.17) is 4.74 Å². The third-order valence-electron chi connectivity index (χ3n) is 0.938. The highest BCUT2D eigenvalue weighted by Gasteiger charge is 1.92. The Kier molecular flexibility index (Phi) is 3.02. The minimum atomic E-state index is 0.443. The lowest BCUT2D eigenvalue weighted by atomic mass is 10.6. The predicted molar refractivity (Wildman–Crippen MR) is 43.4 cm³/mol. The predicted octanol–water partition coefficient (Wildman–Crippen LogP) is 0.844. The van der Waals surface area contributed by atoms with Crippen molar-refractivity contribution in [3.05, 3.63) is 10.0 Å². The maximum atomic E-state index is 4.75. The third-order valence-corrected chi connectivity index (χ3v) is 1.69. The number of aryl methyl sites for hydroxylation is 1. The van der Waals surface area contributed by atoms with Crippen molar-refractivity contribution in [1.82, 2.24) is 10.2 Å². The van der Waals surface area contributed by atoms with Crippen molar-refractivity contribution < 1.29 is 4.74 Å². The molecule has 11 heavy (non-hydrogen) atoms. The third kappa shape index (κ3) is 2.66. The number of ether oxygens (including phenoxy) is 1. The molecule has 0 amide bonds. The van der Waals surface area contributed by atoms with E-state index in [2.05, 4.69) is 22.0 Å². The molecule has 3 nitrogen and oxygen atoms in total. The SMILES string of the molecule is COCC#Cc1nnc(C)s1. The summed E-state index contributed by atoms with van der Waals surface area (Å²) in [5.41, 5.74) is 0. The van der Waals surface area contributed by atoms with Gasteiger partial charge in [-0.05, 0) is 12.8 Å². The van der Waals surface area contributed by atoms with Crippen molar-refractivity contribution in [2.75, 3.05) is 13.7 Å². The van der Waals surface area contributed by atoms with Crippen LogP contribution in [0.4, 0.5) is 0 Å². The summed E-state index contributed by atoms with van der Waals surface area (Å²) in [7, 11) is 1.61. The second-order valence-corrected chi connectivity index (χ2v) is 3.04. The summed E-state index contributed by atoms with van der Waals surface area (Å²) in [6.07, 6.45) is 0. The van der Waals surface area contributed by atoms with Crippen LogP contribution in [0.25, 0.3) is 0 Å². The quantitative estimate of drug-likeness (QED) is 0.583. The summed E-state index contributed by atoms with van der Waals surface area (Å²) in [6, 6.07) is 0.